The Labute approximate surface area is 179 Å². The molecule has 1 aliphatic rings. The zero-order valence-electron chi connectivity index (χ0n) is 16.3. The number of hydrogen-bond donors (Lipinski definition) is 1. The minimum Gasteiger partial charge on any atom is -0.381 e. The SMILES string of the molecule is Clc1ccc(Cn2nnc3cc(-c4ccnc(NC5CCOCC5)n4)ccc32)cc1. The van der Waals surface area contributed by atoms with Gasteiger partial charge in [0.2, 0.25) is 5.95 Å². The van der Waals surface area contributed by atoms with E-state index in [0.29, 0.717) is 18.5 Å². The van der Waals surface area contributed by atoms with Gasteiger partial charge in [-0.15, -0.1) is 5.10 Å². The summed E-state index contributed by atoms with van der Waals surface area (Å²) in [6, 6.07) is 16.1. The average Bonchev–Trinajstić information content (AvgIpc) is 3.18. The van der Waals surface area contributed by atoms with Crippen molar-refractivity contribution < 1.29 is 4.74 Å². The number of ether oxygens (including phenoxy) is 1. The van der Waals surface area contributed by atoms with Crippen LogP contribution in [0.4, 0.5) is 5.95 Å². The fraction of sp³-hybridized carbons (Fsp3) is 0.273. The molecular formula is C22H21ClN6O. The lowest BCUT2D eigenvalue weighted by molar-refractivity contribution is 0.0903. The van der Waals surface area contributed by atoms with Gasteiger partial charge in [0, 0.05) is 36.0 Å². The fourth-order valence-corrected chi connectivity index (χ4v) is 3.75. The Bertz CT molecular complexity index is 1150. The third-order valence-electron chi connectivity index (χ3n) is 5.27. The van der Waals surface area contributed by atoms with Crippen LogP contribution in [0, 0.1) is 0 Å². The minimum absolute atomic E-state index is 0.351. The predicted octanol–water partition coefficient (Wildman–Crippen LogP) is 4.18. The molecule has 7 nitrogen and oxygen atoms in total. The number of halogens is 1. The Morgan fingerprint density at radius 2 is 1.90 bits per heavy atom. The lowest BCUT2D eigenvalue weighted by Gasteiger charge is -2.23. The van der Waals surface area contributed by atoms with Crippen LogP contribution in [0.25, 0.3) is 22.3 Å². The number of anilines is 1. The molecule has 30 heavy (non-hydrogen) atoms. The Kier molecular flexibility index (Phi) is 5.29. The van der Waals surface area contributed by atoms with E-state index in [0.717, 1.165) is 58.9 Å². The standard InChI is InChI=1S/C22H21ClN6O/c23-17-4-1-15(2-5-17)14-29-21-6-3-16(13-20(21)27-28-29)19-7-10-24-22(26-19)25-18-8-11-30-12-9-18/h1-7,10,13,18H,8-9,11-12,14H2,(H,24,25,26). The Morgan fingerprint density at radius 3 is 2.73 bits per heavy atom. The highest BCUT2D eigenvalue weighted by molar-refractivity contribution is 6.30. The van der Waals surface area contributed by atoms with E-state index in [1.165, 1.54) is 0 Å². The average molecular weight is 421 g/mol. The van der Waals surface area contributed by atoms with Crippen LogP contribution in [0.1, 0.15) is 18.4 Å². The van der Waals surface area contributed by atoms with Crippen molar-refractivity contribution in [2.75, 3.05) is 18.5 Å². The molecule has 2 aromatic carbocycles. The second-order valence-corrected chi connectivity index (χ2v) is 7.81. The van der Waals surface area contributed by atoms with Crippen LogP contribution in [-0.4, -0.2) is 44.2 Å². The summed E-state index contributed by atoms with van der Waals surface area (Å²) >= 11 is 5.97. The van der Waals surface area contributed by atoms with E-state index in [9.17, 15) is 0 Å². The van der Waals surface area contributed by atoms with Gasteiger partial charge < -0.3 is 10.1 Å². The van der Waals surface area contributed by atoms with E-state index in [2.05, 4.69) is 20.6 Å². The van der Waals surface area contributed by atoms with E-state index >= 15 is 0 Å². The summed E-state index contributed by atoms with van der Waals surface area (Å²) in [5.74, 6) is 0.644. The molecule has 152 valence electrons. The van der Waals surface area contributed by atoms with Crippen molar-refractivity contribution in [1.29, 1.82) is 0 Å². The number of nitrogens with one attached hydrogen (secondary N) is 1. The molecule has 0 unspecified atom stereocenters. The van der Waals surface area contributed by atoms with Gasteiger partial charge >= 0.3 is 0 Å². The number of benzene rings is 2. The van der Waals surface area contributed by atoms with Crippen LogP contribution in [0.2, 0.25) is 5.02 Å². The first kappa shape index (κ1) is 19.0. The first-order valence-electron chi connectivity index (χ1n) is 10.00. The summed E-state index contributed by atoms with van der Waals surface area (Å²) in [5.41, 5.74) is 4.77. The first-order valence-corrected chi connectivity index (χ1v) is 10.4. The monoisotopic (exact) mass is 420 g/mol. The third kappa shape index (κ3) is 4.13. The molecule has 0 spiro atoms. The van der Waals surface area contributed by atoms with Gasteiger partial charge in [-0.1, -0.05) is 35.0 Å². The van der Waals surface area contributed by atoms with Crippen LogP contribution < -0.4 is 5.32 Å². The number of fused-ring (bicyclic) bond motifs is 1. The van der Waals surface area contributed by atoms with Gasteiger partial charge in [0.15, 0.2) is 0 Å². The maximum absolute atomic E-state index is 5.97. The molecule has 0 saturated carbocycles. The molecule has 0 aliphatic carbocycles. The van der Waals surface area contributed by atoms with Gasteiger partial charge in [0.1, 0.15) is 5.52 Å². The minimum atomic E-state index is 0.351. The second kappa shape index (κ2) is 8.38. The van der Waals surface area contributed by atoms with Gasteiger partial charge in [0.25, 0.3) is 0 Å². The molecule has 0 atom stereocenters. The number of hydrogen-bond acceptors (Lipinski definition) is 6. The maximum Gasteiger partial charge on any atom is 0.223 e. The van der Waals surface area contributed by atoms with Crippen molar-refractivity contribution in [3.63, 3.8) is 0 Å². The summed E-state index contributed by atoms with van der Waals surface area (Å²) in [4.78, 5) is 9.07. The van der Waals surface area contributed by atoms with Crippen LogP contribution in [0.3, 0.4) is 0 Å². The van der Waals surface area contributed by atoms with E-state index < -0.39 is 0 Å². The molecule has 1 saturated heterocycles. The second-order valence-electron chi connectivity index (χ2n) is 7.37. The third-order valence-corrected chi connectivity index (χ3v) is 5.52. The van der Waals surface area contributed by atoms with Crippen molar-refractivity contribution in [2.45, 2.75) is 25.4 Å². The molecule has 1 N–H and O–H groups in total. The van der Waals surface area contributed by atoms with Crippen LogP contribution in [0.5, 0.6) is 0 Å². The molecule has 4 aromatic rings. The van der Waals surface area contributed by atoms with Crippen molar-refractivity contribution in [3.05, 3.63) is 65.3 Å². The lowest BCUT2D eigenvalue weighted by atomic mass is 10.1. The maximum atomic E-state index is 5.97. The molecule has 0 amide bonds. The molecule has 5 rings (SSSR count). The normalized spacial score (nSPS) is 14.8. The summed E-state index contributed by atoms with van der Waals surface area (Å²) in [6.07, 6.45) is 3.72. The Morgan fingerprint density at radius 1 is 1.07 bits per heavy atom. The number of aromatic nitrogens is 5. The van der Waals surface area contributed by atoms with Crippen LogP contribution in [-0.2, 0) is 11.3 Å². The van der Waals surface area contributed by atoms with Gasteiger partial charge in [-0.25, -0.2) is 14.6 Å². The smallest absolute Gasteiger partial charge is 0.223 e. The van der Waals surface area contributed by atoms with Gasteiger partial charge in [0.05, 0.1) is 17.8 Å². The molecule has 8 heteroatoms. The Balaban J connectivity index is 1.37. The molecule has 3 heterocycles. The van der Waals surface area contributed by atoms with E-state index in [1.54, 1.807) is 6.20 Å². The van der Waals surface area contributed by atoms with Crippen LogP contribution in [0.15, 0.2) is 54.7 Å². The van der Waals surface area contributed by atoms with Gasteiger partial charge in [-0.2, -0.15) is 0 Å². The summed E-state index contributed by atoms with van der Waals surface area (Å²) in [6.45, 7) is 2.19. The summed E-state index contributed by atoms with van der Waals surface area (Å²) in [5, 5.41) is 12.8. The molecule has 0 bridgehead atoms. The molecule has 1 aliphatic heterocycles. The highest BCUT2D eigenvalue weighted by atomic mass is 35.5. The summed E-state index contributed by atoms with van der Waals surface area (Å²) < 4.78 is 7.30. The first-order chi connectivity index (χ1) is 14.7. The number of rotatable bonds is 5. The van der Waals surface area contributed by atoms with Gasteiger partial charge in [-0.3, -0.25) is 0 Å². The van der Waals surface area contributed by atoms with E-state index in [4.69, 9.17) is 21.3 Å². The lowest BCUT2D eigenvalue weighted by Crippen LogP contribution is -2.28. The molecule has 2 aromatic heterocycles. The molecular weight excluding hydrogens is 400 g/mol. The molecule has 1 fully saturated rings. The largest absolute Gasteiger partial charge is 0.381 e. The Hall–Kier alpha value is -3.03. The van der Waals surface area contributed by atoms with Crippen molar-refractivity contribution in [3.8, 4) is 11.3 Å². The van der Waals surface area contributed by atoms with Crippen molar-refractivity contribution >= 4 is 28.6 Å². The van der Waals surface area contributed by atoms with Crippen molar-refractivity contribution in [2.24, 2.45) is 0 Å². The predicted molar refractivity (Wildman–Crippen MR) is 117 cm³/mol. The van der Waals surface area contributed by atoms with Gasteiger partial charge in [-0.05, 0) is 48.7 Å². The summed E-state index contributed by atoms with van der Waals surface area (Å²) in [7, 11) is 0. The number of nitrogens with zero attached hydrogens (tertiary/aromatic N) is 5. The highest BCUT2D eigenvalue weighted by Crippen LogP contribution is 2.23. The zero-order chi connectivity index (χ0) is 20.3. The zero-order valence-corrected chi connectivity index (χ0v) is 17.1. The van der Waals surface area contributed by atoms with E-state index in [1.807, 2.05) is 53.2 Å². The molecule has 0 radical (unpaired) electrons. The quantitative estimate of drug-likeness (QED) is 0.521. The van der Waals surface area contributed by atoms with Crippen LogP contribution >= 0.6 is 11.6 Å². The topological polar surface area (TPSA) is 77.8 Å². The van der Waals surface area contributed by atoms with Crippen molar-refractivity contribution in [1.82, 2.24) is 25.0 Å². The highest BCUT2D eigenvalue weighted by Gasteiger charge is 2.15. The fourth-order valence-electron chi connectivity index (χ4n) is 3.62. The van der Waals surface area contributed by atoms with E-state index in [-0.39, 0.29) is 0 Å².